The maximum atomic E-state index is 5.98. The van der Waals surface area contributed by atoms with Crippen LogP contribution in [-0.2, 0) is 0 Å². The molecule has 0 atom stereocenters. The molecular formula is C14H13ClN4. The van der Waals surface area contributed by atoms with E-state index in [0.29, 0.717) is 22.2 Å². The molecule has 0 radical (unpaired) electrons. The van der Waals surface area contributed by atoms with Crippen LogP contribution in [-0.4, -0.2) is 14.6 Å². The summed E-state index contributed by atoms with van der Waals surface area (Å²) in [6, 6.07) is 7.88. The Balaban J connectivity index is 2.17. The number of rotatable bonds is 1. The summed E-state index contributed by atoms with van der Waals surface area (Å²) in [5.74, 6) is 0.671. The minimum Gasteiger partial charge on any atom is -0.396 e. The van der Waals surface area contributed by atoms with E-state index >= 15 is 0 Å². The number of benzene rings is 1. The van der Waals surface area contributed by atoms with Gasteiger partial charge in [0.15, 0.2) is 11.5 Å². The van der Waals surface area contributed by atoms with Gasteiger partial charge in [-0.2, -0.15) is 0 Å². The van der Waals surface area contributed by atoms with Gasteiger partial charge in [0.2, 0.25) is 0 Å². The van der Waals surface area contributed by atoms with Gasteiger partial charge in [-0.05, 0) is 31.0 Å². The number of nitrogen functional groups attached to an aromatic ring is 1. The molecule has 0 spiro atoms. The van der Waals surface area contributed by atoms with E-state index in [9.17, 15) is 0 Å². The Morgan fingerprint density at radius 2 is 1.95 bits per heavy atom. The van der Waals surface area contributed by atoms with Crippen LogP contribution >= 0.6 is 11.6 Å². The van der Waals surface area contributed by atoms with Crippen molar-refractivity contribution >= 4 is 22.9 Å². The van der Waals surface area contributed by atoms with Crippen LogP contribution in [0, 0.1) is 13.8 Å². The monoisotopic (exact) mass is 272 g/mol. The molecule has 3 aromatic rings. The van der Waals surface area contributed by atoms with Crippen molar-refractivity contribution in [2.24, 2.45) is 0 Å². The van der Waals surface area contributed by atoms with Crippen LogP contribution in [0.15, 0.2) is 30.5 Å². The standard InChI is InChI=1S/C14H13ClN4/c1-8-3-4-10(5-9(8)2)14-17-13-6-11(15)12(16)7-19(13)18-14/h3-7H,16H2,1-2H3. The Kier molecular flexibility index (Phi) is 2.68. The molecule has 0 unspecified atom stereocenters. The molecule has 0 aliphatic carbocycles. The molecule has 2 N–H and O–H groups in total. The highest BCUT2D eigenvalue weighted by Crippen LogP contribution is 2.23. The van der Waals surface area contributed by atoms with Crippen molar-refractivity contribution in [2.45, 2.75) is 13.8 Å². The number of fused-ring (bicyclic) bond motifs is 1. The molecule has 19 heavy (non-hydrogen) atoms. The maximum Gasteiger partial charge on any atom is 0.182 e. The second kappa shape index (κ2) is 4.24. The van der Waals surface area contributed by atoms with E-state index in [-0.39, 0.29) is 0 Å². The van der Waals surface area contributed by atoms with E-state index in [0.717, 1.165) is 5.56 Å². The number of aromatic nitrogens is 3. The van der Waals surface area contributed by atoms with E-state index in [2.05, 4.69) is 36.1 Å². The highest BCUT2D eigenvalue weighted by atomic mass is 35.5. The molecule has 0 fully saturated rings. The van der Waals surface area contributed by atoms with Gasteiger partial charge in [-0.25, -0.2) is 9.50 Å². The van der Waals surface area contributed by atoms with Crippen LogP contribution in [0.2, 0.25) is 5.02 Å². The lowest BCUT2D eigenvalue weighted by atomic mass is 10.1. The van der Waals surface area contributed by atoms with Crippen LogP contribution in [0.1, 0.15) is 11.1 Å². The fraction of sp³-hybridized carbons (Fsp3) is 0.143. The van der Waals surface area contributed by atoms with Crippen molar-refractivity contribution in [3.63, 3.8) is 0 Å². The van der Waals surface area contributed by atoms with Crippen LogP contribution in [0.3, 0.4) is 0 Å². The molecule has 2 heterocycles. The van der Waals surface area contributed by atoms with Gasteiger partial charge in [0, 0.05) is 11.6 Å². The molecule has 0 saturated heterocycles. The Labute approximate surface area is 115 Å². The van der Waals surface area contributed by atoms with E-state index in [1.807, 2.05) is 6.07 Å². The maximum absolute atomic E-state index is 5.98. The van der Waals surface area contributed by atoms with E-state index in [1.165, 1.54) is 11.1 Å². The van der Waals surface area contributed by atoms with Gasteiger partial charge in [-0.3, -0.25) is 0 Å². The highest BCUT2D eigenvalue weighted by Gasteiger charge is 2.09. The highest BCUT2D eigenvalue weighted by molar-refractivity contribution is 6.33. The lowest BCUT2D eigenvalue weighted by molar-refractivity contribution is 0.968. The zero-order valence-electron chi connectivity index (χ0n) is 10.7. The predicted molar refractivity (Wildman–Crippen MR) is 77.3 cm³/mol. The zero-order valence-corrected chi connectivity index (χ0v) is 11.4. The van der Waals surface area contributed by atoms with E-state index < -0.39 is 0 Å². The third-order valence-corrected chi connectivity index (χ3v) is 3.54. The number of hydrogen-bond donors (Lipinski definition) is 1. The SMILES string of the molecule is Cc1ccc(-c2nc3cc(Cl)c(N)cn3n2)cc1C. The van der Waals surface area contributed by atoms with Crippen LogP contribution in [0.25, 0.3) is 17.0 Å². The predicted octanol–water partition coefficient (Wildman–Crippen LogP) is 3.25. The molecule has 96 valence electrons. The Bertz CT molecular complexity index is 737. The van der Waals surface area contributed by atoms with Crippen LogP contribution in [0.5, 0.6) is 0 Å². The van der Waals surface area contributed by atoms with Crippen molar-refractivity contribution in [1.29, 1.82) is 0 Å². The molecule has 0 aliphatic rings. The summed E-state index contributed by atoms with van der Waals surface area (Å²) in [6.45, 7) is 4.15. The largest absolute Gasteiger partial charge is 0.396 e. The fourth-order valence-electron chi connectivity index (χ4n) is 1.92. The van der Waals surface area contributed by atoms with Gasteiger partial charge >= 0.3 is 0 Å². The Morgan fingerprint density at radius 1 is 1.16 bits per heavy atom. The first-order valence-corrected chi connectivity index (χ1v) is 6.31. The average Bonchev–Trinajstić information content (AvgIpc) is 2.76. The van der Waals surface area contributed by atoms with Gasteiger partial charge in [-0.1, -0.05) is 23.7 Å². The Hall–Kier alpha value is -2.07. The average molecular weight is 273 g/mol. The molecule has 1 aromatic carbocycles. The summed E-state index contributed by atoms with van der Waals surface area (Å²) >= 11 is 5.98. The fourth-order valence-corrected chi connectivity index (χ4v) is 2.07. The van der Waals surface area contributed by atoms with Crippen molar-refractivity contribution in [2.75, 3.05) is 5.73 Å². The number of nitrogens with two attached hydrogens (primary N) is 1. The third-order valence-electron chi connectivity index (χ3n) is 3.22. The number of pyridine rings is 1. The molecular weight excluding hydrogens is 260 g/mol. The summed E-state index contributed by atoms with van der Waals surface area (Å²) in [7, 11) is 0. The molecule has 2 aromatic heterocycles. The van der Waals surface area contributed by atoms with Crippen molar-refractivity contribution < 1.29 is 0 Å². The summed E-state index contributed by atoms with van der Waals surface area (Å²) in [5.41, 5.74) is 10.4. The lowest BCUT2D eigenvalue weighted by Gasteiger charge is -2.01. The summed E-state index contributed by atoms with van der Waals surface area (Å²) in [4.78, 5) is 4.47. The van der Waals surface area contributed by atoms with Gasteiger partial charge in [0.25, 0.3) is 0 Å². The zero-order chi connectivity index (χ0) is 13.6. The minimum absolute atomic E-state index is 0.491. The smallest absolute Gasteiger partial charge is 0.182 e. The topological polar surface area (TPSA) is 56.2 Å². The normalized spacial score (nSPS) is 11.1. The molecule has 0 amide bonds. The molecule has 4 nitrogen and oxygen atoms in total. The quantitative estimate of drug-likeness (QED) is 0.740. The van der Waals surface area contributed by atoms with Crippen molar-refractivity contribution in [3.8, 4) is 11.4 Å². The van der Waals surface area contributed by atoms with Crippen molar-refractivity contribution in [3.05, 3.63) is 46.6 Å². The number of anilines is 1. The molecule has 5 heteroatoms. The molecule has 3 rings (SSSR count). The number of aryl methyl sites for hydroxylation is 2. The summed E-state index contributed by atoms with van der Waals surface area (Å²) < 4.78 is 1.64. The van der Waals surface area contributed by atoms with Crippen LogP contribution in [0.4, 0.5) is 5.69 Å². The lowest BCUT2D eigenvalue weighted by Crippen LogP contribution is -1.93. The first-order chi connectivity index (χ1) is 9.04. The summed E-state index contributed by atoms with van der Waals surface area (Å²) in [6.07, 6.45) is 1.68. The van der Waals surface area contributed by atoms with Gasteiger partial charge in [-0.15, -0.1) is 5.10 Å². The van der Waals surface area contributed by atoms with Crippen LogP contribution < -0.4 is 5.73 Å². The Morgan fingerprint density at radius 3 is 2.68 bits per heavy atom. The minimum atomic E-state index is 0.491. The first kappa shape index (κ1) is 12.0. The van der Waals surface area contributed by atoms with Gasteiger partial charge in [0.1, 0.15) is 0 Å². The number of nitrogens with zero attached hydrogens (tertiary/aromatic N) is 3. The van der Waals surface area contributed by atoms with Crippen molar-refractivity contribution in [1.82, 2.24) is 14.6 Å². The number of hydrogen-bond acceptors (Lipinski definition) is 3. The van der Waals surface area contributed by atoms with E-state index in [4.69, 9.17) is 17.3 Å². The molecule has 0 aliphatic heterocycles. The molecule has 0 saturated carbocycles. The van der Waals surface area contributed by atoms with Gasteiger partial charge < -0.3 is 5.73 Å². The molecule has 0 bridgehead atoms. The second-order valence-electron chi connectivity index (χ2n) is 4.61. The first-order valence-electron chi connectivity index (χ1n) is 5.93. The van der Waals surface area contributed by atoms with E-state index in [1.54, 1.807) is 16.8 Å². The third kappa shape index (κ3) is 2.04. The second-order valence-corrected chi connectivity index (χ2v) is 5.02. The van der Waals surface area contributed by atoms with Gasteiger partial charge in [0.05, 0.1) is 16.9 Å². The number of halogens is 1. The summed E-state index contributed by atoms with van der Waals surface area (Å²) in [5, 5.41) is 4.91.